The Kier molecular flexibility index (Phi) is 6.71. The zero-order valence-corrected chi connectivity index (χ0v) is 17.0. The van der Waals surface area contributed by atoms with Crippen LogP contribution >= 0.6 is 34.9 Å². The van der Waals surface area contributed by atoms with Crippen molar-refractivity contribution in [3.05, 3.63) is 65.7 Å². The Morgan fingerprint density at radius 2 is 1.85 bits per heavy atom. The van der Waals surface area contributed by atoms with Crippen molar-refractivity contribution in [3.63, 3.8) is 0 Å². The second-order valence-corrected chi connectivity index (χ2v) is 9.32. The molecule has 0 aliphatic rings. The second kappa shape index (κ2) is 9.21. The number of rotatable bonds is 7. The number of nitrogens with zero attached hydrogens (tertiary/aromatic N) is 2. The molecule has 1 aromatic heterocycles. The minimum Gasteiger partial charge on any atom is -0.300 e. The third kappa shape index (κ3) is 5.59. The Morgan fingerprint density at radius 1 is 1.12 bits per heavy atom. The van der Waals surface area contributed by atoms with Crippen molar-refractivity contribution in [2.75, 3.05) is 5.32 Å². The highest BCUT2D eigenvalue weighted by Gasteiger charge is 2.16. The first-order chi connectivity index (χ1) is 12.6. The number of benzene rings is 2. The molecule has 0 fully saturated rings. The molecule has 1 N–H and O–H groups in total. The van der Waals surface area contributed by atoms with Gasteiger partial charge in [-0.3, -0.25) is 10.1 Å². The molecule has 0 bridgehead atoms. The number of nitrogens with one attached hydrogen (secondary N) is 1. The maximum atomic E-state index is 12.4. The van der Waals surface area contributed by atoms with Crippen LogP contribution in [-0.2, 0) is 10.5 Å². The normalized spacial score (nSPS) is 11.9. The van der Waals surface area contributed by atoms with E-state index in [1.807, 2.05) is 56.3 Å². The van der Waals surface area contributed by atoms with E-state index in [2.05, 4.69) is 27.6 Å². The van der Waals surface area contributed by atoms with Gasteiger partial charge in [0.1, 0.15) is 0 Å². The van der Waals surface area contributed by atoms with Gasteiger partial charge in [0.25, 0.3) is 0 Å². The number of carbonyl (C=O) groups is 1. The highest BCUT2D eigenvalue weighted by molar-refractivity contribution is 8.00. The molecule has 0 unspecified atom stereocenters. The van der Waals surface area contributed by atoms with Crippen LogP contribution in [0.2, 0.25) is 0 Å². The van der Waals surface area contributed by atoms with Gasteiger partial charge in [0.15, 0.2) is 4.34 Å². The van der Waals surface area contributed by atoms with Crippen molar-refractivity contribution in [3.8, 4) is 0 Å². The number of hydrogen-bond donors (Lipinski definition) is 1. The van der Waals surface area contributed by atoms with E-state index in [0.717, 1.165) is 15.0 Å². The van der Waals surface area contributed by atoms with Crippen LogP contribution in [0.5, 0.6) is 0 Å². The number of aromatic nitrogens is 2. The highest BCUT2D eigenvalue weighted by atomic mass is 32.2. The van der Waals surface area contributed by atoms with Crippen molar-refractivity contribution >= 4 is 45.9 Å². The summed E-state index contributed by atoms with van der Waals surface area (Å²) < 4.78 is 0.850. The fourth-order valence-corrected chi connectivity index (χ4v) is 4.70. The smallest absolute Gasteiger partial charge is 0.239 e. The molecule has 3 rings (SSSR count). The van der Waals surface area contributed by atoms with Gasteiger partial charge >= 0.3 is 0 Å². The van der Waals surface area contributed by atoms with Gasteiger partial charge in [-0.1, -0.05) is 71.1 Å². The van der Waals surface area contributed by atoms with E-state index in [1.54, 1.807) is 11.8 Å². The quantitative estimate of drug-likeness (QED) is 0.432. The topological polar surface area (TPSA) is 54.9 Å². The number of amides is 1. The minimum absolute atomic E-state index is 0.0636. The van der Waals surface area contributed by atoms with Crippen molar-refractivity contribution in [1.82, 2.24) is 10.2 Å². The molecule has 0 spiro atoms. The summed E-state index contributed by atoms with van der Waals surface area (Å²) in [6, 6.07) is 18.4. The van der Waals surface area contributed by atoms with Crippen LogP contribution in [-0.4, -0.2) is 21.4 Å². The van der Waals surface area contributed by atoms with Gasteiger partial charge in [0, 0.05) is 10.6 Å². The molecule has 0 aliphatic heterocycles. The Hall–Kier alpha value is -1.83. The molecule has 134 valence electrons. The lowest BCUT2D eigenvalue weighted by atomic mass is 10.2. The van der Waals surface area contributed by atoms with Gasteiger partial charge in [0.05, 0.1) is 5.25 Å². The van der Waals surface area contributed by atoms with Crippen molar-refractivity contribution in [1.29, 1.82) is 0 Å². The number of hydrogen-bond acceptors (Lipinski definition) is 6. The van der Waals surface area contributed by atoms with Crippen LogP contribution in [0.15, 0.2) is 63.8 Å². The van der Waals surface area contributed by atoms with E-state index in [-0.39, 0.29) is 11.2 Å². The van der Waals surface area contributed by atoms with E-state index in [0.29, 0.717) is 5.13 Å². The highest BCUT2D eigenvalue weighted by Crippen LogP contribution is 2.29. The summed E-state index contributed by atoms with van der Waals surface area (Å²) in [5.41, 5.74) is 2.45. The summed E-state index contributed by atoms with van der Waals surface area (Å²) >= 11 is 4.56. The fraction of sp³-hybridized carbons (Fsp3) is 0.211. The molecule has 26 heavy (non-hydrogen) atoms. The van der Waals surface area contributed by atoms with Crippen LogP contribution < -0.4 is 5.32 Å². The first kappa shape index (κ1) is 18.9. The van der Waals surface area contributed by atoms with Crippen molar-refractivity contribution in [2.45, 2.75) is 34.1 Å². The van der Waals surface area contributed by atoms with E-state index in [1.165, 1.54) is 34.2 Å². The molecule has 3 aromatic rings. The number of carbonyl (C=O) groups excluding carboxylic acids is 1. The predicted octanol–water partition coefficient (Wildman–Crippen LogP) is 5.26. The van der Waals surface area contributed by atoms with Crippen molar-refractivity contribution in [2.24, 2.45) is 0 Å². The average molecular weight is 402 g/mol. The fourth-order valence-electron chi connectivity index (χ4n) is 2.12. The molecule has 1 atom stereocenters. The summed E-state index contributed by atoms with van der Waals surface area (Å²) in [7, 11) is 0. The van der Waals surface area contributed by atoms with Crippen LogP contribution in [0.25, 0.3) is 0 Å². The van der Waals surface area contributed by atoms with Gasteiger partial charge in [-0.15, -0.1) is 22.0 Å². The van der Waals surface area contributed by atoms with Crippen LogP contribution in [0.1, 0.15) is 18.1 Å². The first-order valence-corrected chi connectivity index (χ1v) is 10.8. The summed E-state index contributed by atoms with van der Waals surface area (Å²) in [4.78, 5) is 13.5. The van der Waals surface area contributed by atoms with Gasteiger partial charge < -0.3 is 0 Å². The maximum Gasteiger partial charge on any atom is 0.239 e. The van der Waals surface area contributed by atoms with Crippen LogP contribution in [0, 0.1) is 6.92 Å². The third-order valence-corrected chi connectivity index (χ3v) is 6.70. The molecule has 0 aliphatic carbocycles. The molecule has 0 saturated heterocycles. The lowest BCUT2D eigenvalue weighted by molar-refractivity contribution is -0.115. The molecule has 0 saturated carbocycles. The van der Waals surface area contributed by atoms with Gasteiger partial charge in [-0.25, -0.2) is 0 Å². The second-order valence-electron chi connectivity index (χ2n) is 5.71. The van der Waals surface area contributed by atoms with Crippen LogP contribution in [0.4, 0.5) is 5.13 Å². The molecule has 7 heteroatoms. The number of anilines is 1. The summed E-state index contributed by atoms with van der Waals surface area (Å²) in [6.45, 7) is 3.94. The van der Waals surface area contributed by atoms with E-state index in [4.69, 9.17) is 0 Å². The molecule has 0 radical (unpaired) electrons. The largest absolute Gasteiger partial charge is 0.300 e. The Morgan fingerprint density at radius 3 is 2.58 bits per heavy atom. The van der Waals surface area contributed by atoms with Crippen LogP contribution in [0.3, 0.4) is 0 Å². The average Bonchev–Trinajstić information content (AvgIpc) is 3.10. The first-order valence-electron chi connectivity index (χ1n) is 8.14. The molecule has 1 heterocycles. The standard InChI is InChI=1S/C19H19N3OS3/c1-13-8-10-16(11-9-13)25-14(2)17(23)20-18-21-22-19(26-18)24-12-15-6-4-3-5-7-15/h3-11,14H,12H2,1-2H3,(H,20,21,23)/t14-/m0/s1. The summed E-state index contributed by atoms with van der Waals surface area (Å²) in [6.07, 6.45) is 0. The molecular weight excluding hydrogens is 382 g/mol. The lowest BCUT2D eigenvalue weighted by Crippen LogP contribution is -2.22. The SMILES string of the molecule is Cc1ccc(S[C@@H](C)C(=O)Nc2nnc(SCc3ccccc3)s2)cc1. The van der Waals surface area contributed by atoms with Gasteiger partial charge in [-0.05, 0) is 31.5 Å². The van der Waals surface area contributed by atoms with Gasteiger partial charge in [-0.2, -0.15) is 0 Å². The zero-order valence-electron chi connectivity index (χ0n) is 14.5. The Labute approximate surface area is 165 Å². The van der Waals surface area contributed by atoms with E-state index >= 15 is 0 Å². The zero-order chi connectivity index (χ0) is 18.4. The minimum atomic E-state index is -0.206. The lowest BCUT2D eigenvalue weighted by Gasteiger charge is -2.10. The van der Waals surface area contributed by atoms with Crippen molar-refractivity contribution < 1.29 is 4.79 Å². The molecule has 1 amide bonds. The Balaban J connectivity index is 1.51. The monoisotopic (exact) mass is 401 g/mol. The number of thioether (sulfide) groups is 2. The molecule has 4 nitrogen and oxygen atoms in total. The summed E-state index contributed by atoms with van der Waals surface area (Å²) in [5.74, 6) is 0.773. The molecule has 2 aromatic carbocycles. The maximum absolute atomic E-state index is 12.4. The van der Waals surface area contributed by atoms with Gasteiger partial charge in [0.2, 0.25) is 11.0 Å². The van der Waals surface area contributed by atoms with E-state index < -0.39 is 0 Å². The summed E-state index contributed by atoms with van der Waals surface area (Å²) in [5, 5.41) is 11.4. The number of aryl methyl sites for hydroxylation is 1. The third-order valence-electron chi connectivity index (χ3n) is 3.54. The Bertz CT molecular complexity index is 850. The molecular formula is C19H19N3OS3. The van der Waals surface area contributed by atoms with E-state index in [9.17, 15) is 4.79 Å². The predicted molar refractivity (Wildman–Crippen MR) is 111 cm³/mol.